The van der Waals surface area contributed by atoms with Crippen molar-refractivity contribution in [3.05, 3.63) is 22.4 Å². The van der Waals surface area contributed by atoms with E-state index in [0.717, 1.165) is 32.2 Å². The van der Waals surface area contributed by atoms with Crippen LogP contribution in [0, 0.1) is 17.2 Å². The van der Waals surface area contributed by atoms with E-state index in [1.54, 1.807) is 11.3 Å². The highest BCUT2D eigenvalue weighted by molar-refractivity contribution is 7.10. The third kappa shape index (κ3) is 3.12. The van der Waals surface area contributed by atoms with Gasteiger partial charge in [0.05, 0.1) is 12.6 Å². The monoisotopic (exact) mass is 303 g/mol. The number of hydrogen-bond donors (Lipinski definition) is 1. The fourth-order valence-electron chi connectivity index (χ4n) is 3.21. The fourth-order valence-corrected chi connectivity index (χ4v) is 4.11. The van der Waals surface area contributed by atoms with Gasteiger partial charge in [0.2, 0.25) is 5.91 Å². The molecule has 1 aliphatic carbocycles. The zero-order valence-electron chi connectivity index (χ0n) is 12.3. The standard InChI is InChI=1S/C16H21N3OS/c1-16(11-17,12-6-7-12)18-15(20)10-19-8-2-4-13(19)14-5-3-9-21-14/h3,5,9,12-13H,2,4,6-8,10H2,1H3,(H,18,20)/t13-,16+/m0/s1. The van der Waals surface area contributed by atoms with Gasteiger partial charge in [-0.1, -0.05) is 6.07 Å². The summed E-state index contributed by atoms with van der Waals surface area (Å²) in [5.74, 6) is 0.313. The largest absolute Gasteiger partial charge is 0.337 e. The van der Waals surface area contributed by atoms with Crippen molar-refractivity contribution >= 4 is 17.2 Å². The lowest BCUT2D eigenvalue weighted by molar-refractivity contribution is -0.123. The molecule has 2 aliphatic rings. The van der Waals surface area contributed by atoms with Crippen LogP contribution in [0.5, 0.6) is 0 Å². The van der Waals surface area contributed by atoms with Gasteiger partial charge in [-0.3, -0.25) is 9.69 Å². The van der Waals surface area contributed by atoms with Gasteiger partial charge in [0, 0.05) is 10.9 Å². The van der Waals surface area contributed by atoms with Crippen LogP contribution >= 0.6 is 11.3 Å². The fraction of sp³-hybridized carbons (Fsp3) is 0.625. The smallest absolute Gasteiger partial charge is 0.235 e. The zero-order chi connectivity index (χ0) is 14.9. The maximum absolute atomic E-state index is 12.3. The molecule has 1 amide bonds. The summed E-state index contributed by atoms with van der Waals surface area (Å²) in [7, 11) is 0. The average molecular weight is 303 g/mol. The summed E-state index contributed by atoms with van der Waals surface area (Å²) >= 11 is 1.76. The maximum atomic E-state index is 12.3. The summed E-state index contributed by atoms with van der Waals surface area (Å²) in [5, 5.41) is 14.4. The summed E-state index contributed by atoms with van der Waals surface area (Å²) in [4.78, 5) is 15.9. The van der Waals surface area contributed by atoms with E-state index in [2.05, 4.69) is 33.8 Å². The summed E-state index contributed by atoms with van der Waals surface area (Å²) in [5.41, 5.74) is -0.685. The Morgan fingerprint density at radius 2 is 2.38 bits per heavy atom. The topological polar surface area (TPSA) is 56.1 Å². The molecule has 2 atom stereocenters. The van der Waals surface area contributed by atoms with Crippen molar-refractivity contribution in [2.45, 2.75) is 44.2 Å². The molecule has 0 unspecified atom stereocenters. The van der Waals surface area contributed by atoms with Crippen molar-refractivity contribution in [2.24, 2.45) is 5.92 Å². The van der Waals surface area contributed by atoms with Crippen LogP contribution in [0.1, 0.15) is 43.5 Å². The molecule has 0 bridgehead atoms. The molecule has 1 N–H and O–H groups in total. The number of hydrogen-bond acceptors (Lipinski definition) is 4. The number of likely N-dealkylation sites (tertiary alicyclic amines) is 1. The van der Waals surface area contributed by atoms with Gasteiger partial charge in [-0.15, -0.1) is 11.3 Å². The lowest BCUT2D eigenvalue weighted by Crippen LogP contribution is -2.50. The van der Waals surface area contributed by atoms with Crippen LogP contribution in [-0.2, 0) is 4.79 Å². The van der Waals surface area contributed by atoms with E-state index in [1.807, 2.05) is 6.92 Å². The summed E-state index contributed by atoms with van der Waals surface area (Å²) in [6.45, 7) is 3.21. The highest BCUT2D eigenvalue weighted by Crippen LogP contribution is 2.39. The Balaban J connectivity index is 1.60. The Hall–Kier alpha value is -1.38. The molecule has 0 spiro atoms. The van der Waals surface area contributed by atoms with Crippen LogP contribution in [0.2, 0.25) is 0 Å². The number of thiophene rings is 1. The number of nitrogens with zero attached hydrogens (tertiary/aromatic N) is 2. The number of nitriles is 1. The zero-order valence-corrected chi connectivity index (χ0v) is 13.2. The molecule has 4 nitrogen and oxygen atoms in total. The molecular weight excluding hydrogens is 282 g/mol. The third-order valence-electron chi connectivity index (χ3n) is 4.61. The number of carbonyl (C=O) groups is 1. The van der Waals surface area contributed by atoms with Crippen LogP contribution in [0.25, 0.3) is 0 Å². The van der Waals surface area contributed by atoms with Crippen molar-refractivity contribution in [3.8, 4) is 6.07 Å². The van der Waals surface area contributed by atoms with E-state index < -0.39 is 5.54 Å². The molecular formula is C16H21N3OS. The summed E-state index contributed by atoms with van der Waals surface area (Å²) in [6.07, 6.45) is 4.34. The normalized spacial score (nSPS) is 25.2. The lowest BCUT2D eigenvalue weighted by Gasteiger charge is -2.27. The molecule has 1 aromatic heterocycles. The first kappa shape index (κ1) is 14.6. The van der Waals surface area contributed by atoms with E-state index in [0.29, 0.717) is 18.5 Å². The van der Waals surface area contributed by atoms with Gasteiger partial charge in [0.25, 0.3) is 0 Å². The van der Waals surface area contributed by atoms with Crippen LogP contribution in [0.15, 0.2) is 17.5 Å². The molecule has 21 heavy (non-hydrogen) atoms. The highest BCUT2D eigenvalue weighted by Gasteiger charge is 2.43. The maximum Gasteiger partial charge on any atom is 0.235 e. The van der Waals surface area contributed by atoms with Gasteiger partial charge in [0.15, 0.2) is 0 Å². The van der Waals surface area contributed by atoms with Gasteiger partial charge in [0.1, 0.15) is 5.54 Å². The van der Waals surface area contributed by atoms with Gasteiger partial charge >= 0.3 is 0 Å². The molecule has 112 valence electrons. The molecule has 0 radical (unpaired) electrons. The van der Waals surface area contributed by atoms with Gasteiger partial charge in [-0.2, -0.15) is 5.26 Å². The van der Waals surface area contributed by atoms with E-state index in [-0.39, 0.29) is 5.91 Å². The number of nitrogens with one attached hydrogen (secondary N) is 1. The third-order valence-corrected chi connectivity index (χ3v) is 5.58. The average Bonchev–Trinajstić information content (AvgIpc) is 3.01. The molecule has 3 rings (SSSR count). The second-order valence-corrected chi connectivity index (χ2v) is 7.26. The molecule has 1 saturated carbocycles. The summed E-state index contributed by atoms with van der Waals surface area (Å²) < 4.78 is 0. The predicted octanol–water partition coefficient (Wildman–Crippen LogP) is 2.69. The second-order valence-electron chi connectivity index (χ2n) is 6.28. The first-order chi connectivity index (χ1) is 10.1. The molecule has 2 heterocycles. The van der Waals surface area contributed by atoms with Crippen LogP contribution in [0.3, 0.4) is 0 Å². The minimum Gasteiger partial charge on any atom is -0.337 e. The van der Waals surface area contributed by atoms with E-state index >= 15 is 0 Å². The minimum atomic E-state index is -0.685. The van der Waals surface area contributed by atoms with Crippen molar-refractivity contribution in [1.29, 1.82) is 5.26 Å². The van der Waals surface area contributed by atoms with Crippen molar-refractivity contribution < 1.29 is 4.79 Å². The molecule has 1 aliphatic heterocycles. The first-order valence-electron chi connectivity index (χ1n) is 7.62. The molecule has 1 aromatic rings. The van der Waals surface area contributed by atoms with Crippen molar-refractivity contribution in [3.63, 3.8) is 0 Å². The van der Waals surface area contributed by atoms with Gasteiger partial charge < -0.3 is 5.32 Å². The van der Waals surface area contributed by atoms with Crippen molar-refractivity contribution in [2.75, 3.05) is 13.1 Å². The van der Waals surface area contributed by atoms with Crippen LogP contribution < -0.4 is 5.32 Å². The number of carbonyl (C=O) groups excluding carboxylic acids is 1. The number of rotatable bonds is 5. The lowest BCUT2D eigenvalue weighted by atomic mass is 9.98. The minimum absolute atomic E-state index is 0.0191. The Morgan fingerprint density at radius 3 is 3.00 bits per heavy atom. The molecule has 5 heteroatoms. The second kappa shape index (κ2) is 5.78. The Morgan fingerprint density at radius 1 is 1.57 bits per heavy atom. The van der Waals surface area contributed by atoms with E-state index in [4.69, 9.17) is 0 Å². The Kier molecular flexibility index (Phi) is 4.01. The summed E-state index contributed by atoms with van der Waals surface area (Å²) in [6, 6.07) is 6.87. The molecule has 0 aromatic carbocycles. The predicted molar refractivity (Wildman–Crippen MR) is 82.8 cm³/mol. The van der Waals surface area contributed by atoms with Crippen LogP contribution in [-0.4, -0.2) is 29.4 Å². The Bertz CT molecular complexity index is 546. The van der Waals surface area contributed by atoms with Gasteiger partial charge in [-0.25, -0.2) is 0 Å². The molecule has 1 saturated heterocycles. The Labute approximate surface area is 129 Å². The van der Waals surface area contributed by atoms with Crippen LogP contribution in [0.4, 0.5) is 0 Å². The highest BCUT2D eigenvalue weighted by atomic mass is 32.1. The quantitative estimate of drug-likeness (QED) is 0.910. The molecule has 2 fully saturated rings. The first-order valence-corrected chi connectivity index (χ1v) is 8.50. The number of amides is 1. The van der Waals surface area contributed by atoms with E-state index in [9.17, 15) is 10.1 Å². The SMILES string of the molecule is C[C@](C#N)(NC(=O)CN1CCC[C@H]1c1cccs1)C1CC1. The van der Waals surface area contributed by atoms with Crippen molar-refractivity contribution in [1.82, 2.24) is 10.2 Å². The van der Waals surface area contributed by atoms with Gasteiger partial charge in [-0.05, 0) is 56.5 Å². The van der Waals surface area contributed by atoms with E-state index in [1.165, 1.54) is 4.88 Å².